The van der Waals surface area contributed by atoms with E-state index in [-0.39, 0.29) is 6.04 Å². The van der Waals surface area contributed by atoms with E-state index < -0.39 is 0 Å². The Morgan fingerprint density at radius 1 is 1.35 bits per heavy atom. The number of thiophene rings is 1. The molecule has 0 amide bonds. The van der Waals surface area contributed by atoms with Gasteiger partial charge in [-0.3, -0.25) is 0 Å². The Labute approximate surface area is 119 Å². The molecule has 0 saturated carbocycles. The molecule has 0 aliphatic rings. The molecule has 0 fully saturated rings. The van der Waals surface area contributed by atoms with Crippen LogP contribution in [0.15, 0.2) is 34.1 Å². The molecule has 1 aromatic carbocycles. The normalized spacial score (nSPS) is 12.7. The quantitative estimate of drug-likeness (QED) is 0.854. The third kappa shape index (κ3) is 2.74. The molecule has 1 unspecified atom stereocenters. The van der Waals surface area contributed by atoms with Crippen molar-refractivity contribution in [1.82, 2.24) is 5.32 Å². The first-order valence-electron chi connectivity index (χ1n) is 5.31. The molecule has 1 heterocycles. The Hall–Kier alpha value is -0.350. The number of benzene rings is 1. The summed E-state index contributed by atoms with van der Waals surface area (Å²) in [5, 5.41) is 4.12. The Bertz CT molecular complexity index is 504. The second-order valence-corrected chi connectivity index (χ2v) is 6.66. The summed E-state index contributed by atoms with van der Waals surface area (Å²) in [7, 11) is 1.97. The van der Waals surface area contributed by atoms with Gasteiger partial charge < -0.3 is 5.32 Å². The fourth-order valence-electron chi connectivity index (χ4n) is 1.87. The maximum absolute atomic E-state index is 6.09. The molecule has 0 radical (unpaired) electrons. The highest BCUT2D eigenvalue weighted by Crippen LogP contribution is 2.37. The molecular weight excluding hydrogens is 318 g/mol. The predicted octanol–water partition coefficient (Wildman–Crippen LogP) is 4.78. The summed E-state index contributed by atoms with van der Waals surface area (Å²) in [6.07, 6.45) is 0. The summed E-state index contributed by atoms with van der Waals surface area (Å²) in [6.45, 7) is 2.13. The van der Waals surface area contributed by atoms with Crippen LogP contribution in [0.5, 0.6) is 0 Å². The fourth-order valence-corrected chi connectivity index (χ4v) is 3.74. The zero-order valence-corrected chi connectivity index (χ0v) is 12.8. The zero-order chi connectivity index (χ0) is 12.4. The van der Waals surface area contributed by atoms with Gasteiger partial charge in [0.15, 0.2) is 0 Å². The molecule has 2 rings (SSSR count). The van der Waals surface area contributed by atoms with Crippen molar-refractivity contribution < 1.29 is 0 Å². The lowest BCUT2D eigenvalue weighted by molar-refractivity contribution is 0.699. The van der Waals surface area contributed by atoms with E-state index in [1.807, 2.05) is 13.1 Å². The molecule has 17 heavy (non-hydrogen) atoms. The van der Waals surface area contributed by atoms with Crippen LogP contribution < -0.4 is 5.32 Å². The van der Waals surface area contributed by atoms with Crippen molar-refractivity contribution in [3.8, 4) is 0 Å². The van der Waals surface area contributed by atoms with Crippen LogP contribution in [0.3, 0.4) is 0 Å². The maximum atomic E-state index is 6.09. The van der Waals surface area contributed by atoms with Gasteiger partial charge in [0.05, 0.1) is 14.9 Å². The first-order chi connectivity index (χ1) is 8.13. The fraction of sp³-hybridized carbons (Fsp3) is 0.231. The molecule has 1 atom stereocenters. The van der Waals surface area contributed by atoms with Gasteiger partial charge in [-0.05, 0) is 47.1 Å². The van der Waals surface area contributed by atoms with Crippen LogP contribution in [0.25, 0.3) is 0 Å². The molecule has 1 N–H and O–H groups in total. The van der Waals surface area contributed by atoms with E-state index in [0.29, 0.717) is 0 Å². The molecule has 0 aliphatic carbocycles. The van der Waals surface area contributed by atoms with Gasteiger partial charge in [0.2, 0.25) is 0 Å². The summed E-state index contributed by atoms with van der Waals surface area (Å²) in [6, 6.07) is 10.6. The molecule has 1 aromatic heterocycles. The van der Waals surface area contributed by atoms with Crippen LogP contribution in [0.2, 0.25) is 5.02 Å². The van der Waals surface area contributed by atoms with E-state index in [4.69, 9.17) is 11.6 Å². The van der Waals surface area contributed by atoms with Crippen LogP contribution >= 0.6 is 38.9 Å². The summed E-state index contributed by atoms with van der Waals surface area (Å²) in [4.78, 5) is 1.22. The van der Waals surface area contributed by atoms with Gasteiger partial charge >= 0.3 is 0 Å². The van der Waals surface area contributed by atoms with Gasteiger partial charge in [-0.2, -0.15) is 0 Å². The molecule has 0 spiro atoms. The molecule has 4 heteroatoms. The molecular formula is C13H13BrClNS. The maximum Gasteiger partial charge on any atom is 0.0888 e. The minimum Gasteiger partial charge on any atom is -0.309 e. The molecule has 0 bridgehead atoms. The van der Waals surface area contributed by atoms with E-state index in [9.17, 15) is 0 Å². The lowest BCUT2D eigenvalue weighted by Gasteiger charge is -2.17. The first-order valence-corrected chi connectivity index (χ1v) is 7.29. The highest BCUT2D eigenvalue weighted by atomic mass is 79.9. The Morgan fingerprint density at radius 3 is 2.59 bits per heavy atom. The van der Waals surface area contributed by atoms with Crippen molar-refractivity contribution in [2.24, 2.45) is 0 Å². The van der Waals surface area contributed by atoms with Crippen molar-refractivity contribution in [3.05, 3.63) is 55.1 Å². The first kappa shape index (κ1) is 13.1. The van der Waals surface area contributed by atoms with E-state index in [2.05, 4.69) is 52.4 Å². The van der Waals surface area contributed by atoms with Gasteiger partial charge in [-0.15, -0.1) is 11.3 Å². The van der Waals surface area contributed by atoms with Gasteiger partial charge in [-0.1, -0.05) is 35.9 Å². The number of hydrogen-bond acceptors (Lipinski definition) is 2. The second-order valence-electron chi connectivity index (χ2n) is 3.85. The topological polar surface area (TPSA) is 12.0 Å². The minimum atomic E-state index is 0.199. The molecule has 0 saturated heterocycles. The molecule has 2 aromatic rings. The predicted molar refractivity (Wildman–Crippen MR) is 79.1 cm³/mol. The number of hydrogen-bond donors (Lipinski definition) is 1. The van der Waals surface area contributed by atoms with Crippen LogP contribution in [-0.4, -0.2) is 7.05 Å². The average Bonchev–Trinajstić information content (AvgIpc) is 2.63. The van der Waals surface area contributed by atoms with Gasteiger partial charge in [-0.25, -0.2) is 0 Å². The standard InChI is InChI=1S/C13H13BrClNS/c1-8-5-3-4-6-9(8)12(16-2)11-7-10(15)13(14)17-11/h3-7,12,16H,1-2H3. The van der Waals surface area contributed by atoms with E-state index >= 15 is 0 Å². The summed E-state index contributed by atoms with van der Waals surface area (Å²) in [5.41, 5.74) is 2.58. The third-order valence-electron chi connectivity index (χ3n) is 2.74. The Morgan fingerprint density at radius 2 is 2.06 bits per heavy atom. The lowest BCUT2D eigenvalue weighted by atomic mass is 10.0. The van der Waals surface area contributed by atoms with Gasteiger partial charge in [0.25, 0.3) is 0 Å². The zero-order valence-electron chi connectivity index (χ0n) is 9.63. The number of halogens is 2. The smallest absolute Gasteiger partial charge is 0.0888 e. The third-order valence-corrected chi connectivity index (χ3v) is 5.28. The summed E-state index contributed by atoms with van der Waals surface area (Å²) >= 11 is 11.2. The van der Waals surface area contributed by atoms with Crippen molar-refractivity contribution in [3.63, 3.8) is 0 Å². The second kappa shape index (κ2) is 5.53. The molecule has 0 aliphatic heterocycles. The van der Waals surface area contributed by atoms with Crippen molar-refractivity contribution in [2.45, 2.75) is 13.0 Å². The molecule has 1 nitrogen and oxygen atoms in total. The largest absolute Gasteiger partial charge is 0.309 e. The summed E-state index contributed by atoms with van der Waals surface area (Å²) in [5.74, 6) is 0. The van der Waals surface area contributed by atoms with E-state index in [0.717, 1.165) is 8.81 Å². The Kier molecular flexibility index (Phi) is 4.26. The number of nitrogens with one attached hydrogen (secondary N) is 1. The minimum absolute atomic E-state index is 0.199. The number of rotatable bonds is 3. The van der Waals surface area contributed by atoms with E-state index in [1.165, 1.54) is 16.0 Å². The van der Waals surface area contributed by atoms with Gasteiger partial charge in [0.1, 0.15) is 0 Å². The van der Waals surface area contributed by atoms with Crippen molar-refractivity contribution in [2.75, 3.05) is 7.05 Å². The highest BCUT2D eigenvalue weighted by Gasteiger charge is 2.17. The van der Waals surface area contributed by atoms with Crippen LogP contribution in [0.4, 0.5) is 0 Å². The lowest BCUT2D eigenvalue weighted by Crippen LogP contribution is -2.17. The summed E-state index contributed by atoms with van der Waals surface area (Å²) < 4.78 is 0.989. The monoisotopic (exact) mass is 329 g/mol. The van der Waals surface area contributed by atoms with Crippen molar-refractivity contribution in [1.29, 1.82) is 0 Å². The Balaban J connectivity index is 2.44. The SMILES string of the molecule is CNC(c1cc(Cl)c(Br)s1)c1ccccc1C. The average molecular weight is 331 g/mol. The van der Waals surface area contributed by atoms with Crippen molar-refractivity contribution >= 4 is 38.9 Å². The van der Waals surface area contributed by atoms with Gasteiger partial charge in [0, 0.05) is 4.88 Å². The van der Waals surface area contributed by atoms with Crippen LogP contribution in [-0.2, 0) is 0 Å². The number of aryl methyl sites for hydroxylation is 1. The van der Waals surface area contributed by atoms with Crippen LogP contribution in [0, 0.1) is 6.92 Å². The van der Waals surface area contributed by atoms with Crippen LogP contribution in [0.1, 0.15) is 22.0 Å². The highest BCUT2D eigenvalue weighted by molar-refractivity contribution is 9.11. The van der Waals surface area contributed by atoms with E-state index in [1.54, 1.807) is 11.3 Å². The molecule has 90 valence electrons.